The van der Waals surface area contributed by atoms with Crippen molar-refractivity contribution in [2.24, 2.45) is 0 Å². The molecule has 0 saturated carbocycles. The first-order valence-corrected chi connectivity index (χ1v) is 3.65. The van der Waals surface area contributed by atoms with E-state index < -0.39 is 0 Å². The molecule has 0 amide bonds. The minimum absolute atomic E-state index is 1.18. The molecule has 0 aliphatic rings. The summed E-state index contributed by atoms with van der Waals surface area (Å²) in [5.74, 6) is 0. The van der Waals surface area contributed by atoms with E-state index >= 15 is 0 Å². The third kappa shape index (κ3) is 7.52. The molecule has 0 aromatic heterocycles. The second kappa shape index (κ2) is 5.65. The van der Waals surface area contributed by atoms with Crippen molar-refractivity contribution in [3.63, 3.8) is 0 Å². The molecule has 0 aliphatic heterocycles. The van der Waals surface area contributed by atoms with Crippen LogP contribution >= 0.6 is 0 Å². The minimum atomic E-state index is 1.18. The highest BCUT2D eigenvalue weighted by atomic mass is 13.8. The first kappa shape index (κ1) is 8.52. The van der Waals surface area contributed by atoms with Crippen LogP contribution in [0.25, 0.3) is 0 Å². The van der Waals surface area contributed by atoms with Crippen molar-refractivity contribution in [2.45, 2.75) is 40.0 Å². The Morgan fingerprint density at radius 3 is 2.56 bits per heavy atom. The maximum absolute atomic E-state index is 3.17. The zero-order chi connectivity index (χ0) is 7.11. The molecule has 9 heavy (non-hydrogen) atoms. The summed E-state index contributed by atoms with van der Waals surface area (Å²) in [6.07, 6.45) is 5.88. The maximum Gasteiger partial charge on any atom is -0.0274 e. The van der Waals surface area contributed by atoms with E-state index in [0.29, 0.717) is 0 Å². The predicted octanol–water partition coefficient (Wildman–Crippen LogP) is 3.30. The smallest absolute Gasteiger partial charge is 0.0274 e. The predicted molar refractivity (Wildman–Crippen MR) is 42.5 cm³/mol. The number of unbranched alkanes of at least 4 members (excludes halogenated alkanes) is 2. The van der Waals surface area contributed by atoms with E-state index in [9.17, 15) is 0 Å². The van der Waals surface area contributed by atoms with Crippen molar-refractivity contribution in [1.29, 1.82) is 0 Å². The lowest BCUT2D eigenvalue weighted by Crippen LogP contribution is -1.64. The van der Waals surface area contributed by atoms with Crippen LogP contribution < -0.4 is 0 Å². The molecule has 0 aromatic rings. The van der Waals surface area contributed by atoms with Crippen LogP contribution in [0.15, 0.2) is 17.4 Å². The van der Waals surface area contributed by atoms with Gasteiger partial charge in [0.2, 0.25) is 0 Å². The highest BCUT2D eigenvalue weighted by molar-refractivity contribution is 4.93. The van der Waals surface area contributed by atoms with Crippen LogP contribution in [0.5, 0.6) is 0 Å². The fourth-order valence-corrected chi connectivity index (χ4v) is 0.582. The van der Waals surface area contributed by atoms with Gasteiger partial charge in [-0.05, 0) is 38.3 Å². The van der Waals surface area contributed by atoms with Gasteiger partial charge in [0.1, 0.15) is 0 Å². The molecule has 0 spiro atoms. The Balaban J connectivity index is 3.36. The van der Waals surface area contributed by atoms with Crippen LogP contribution in [-0.2, 0) is 0 Å². The molecule has 0 aromatic carbocycles. The van der Waals surface area contributed by atoms with E-state index in [1.54, 1.807) is 0 Å². The van der Waals surface area contributed by atoms with E-state index in [0.717, 1.165) is 0 Å². The number of hydrogen-bond acceptors (Lipinski definition) is 0. The standard InChI is InChI=1S/C9H16/c1-4-5-6-7-8-9(2)3/h7H,4-6H2,1-3H3. The number of hydrogen-bond donors (Lipinski definition) is 0. The topological polar surface area (TPSA) is 0 Å². The van der Waals surface area contributed by atoms with Gasteiger partial charge >= 0.3 is 0 Å². The lowest BCUT2D eigenvalue weighted by atomic mass is 10.2. The second-order valence-corrected chi connectivity index (χ2v) is 2.49. The van der Waals surface area contributed by atoms with Gasteiger partial charge in [-0.15, -0.1) is 5.73 Å². The molecule has 0 heteroatoms. The van der Waals surface area contributed by atoms with E-state index in [1.165, 1.54) is 24.8 Å². The minimum Gasteiger partial charge on any atom is -0.127 e. The molecular formula is C9H16. The van der Waals surface area contributed by atoms with Gasteiger partial charge in [-0.1, -0.05) is 13.3 Å². The largest absolute Gasteiger partial charge is 0.127 e. The first-order valence-electron chi connectivity index (χ1n) is 3.65. The summed E-state index contributed by atoms with van der Waals surface area (Å²) in [4.78, 5) is 0. The van der Waals surface area contributed by atoms with E-state index in [-0.39, 0.29) is 0 Å². The van der Waals surface area contributed by atoms with Gasteiger partial charge in [-0.3, -0.25) is 0 Å². The number of allylic oxidation sites excluding steroid dienone is 1. The highest BCUT2D eigenvalue weighted by Crippen LogP contribution is 1.94. The van der Waals surface area contributed by atoms with Gasteiger partial charge in [-0.25, -0.2) is 0 Å². The lowest BCUT2D eigenvalue weighted by Gasteiger charge is -1.84. The van der Waals surface area contributed by atoms with Crippen LogP contribution in [-0.4, -0.2) is 0 Å². The third-order valence-electron chi connectivity index (χ3n) is 1.09. The van der Waals surface area contributed by atoms with Crippen molar-refractivity contribution < 1.29 is 0 Å². The average Bonchev–Trinajstić information content (AvgIpc) is 1.80. The van der Waals surface area contributed by atoms with Crippen LogP contribution in [0, 0.1) is 0 Å². The third-order valence-corrected chi connectivity index (χ3v) is 1.09. The normalized spacial score (nSPS) is 8.33. The summed E-state index contributed by atoms with van der Waals surface area (Å²) in [5, 5.41) is 0. The number of rotatable bonds is 3. The fourth-order valence-electron chi connectivity index (χ4n) is 0.582. The van der Waals surface area contributed by atoms with Crippen molar-refractivity contribution >= 4 is 0 Å². The van der Waals surface area contributed by atoms with Crippen LogP contribution in [0.4, 0.5) is 0 Å². The van der Waals surface area contributed by atoms with Gasteiger partial charge in [0.25, 0.3) is 0 Å². The summed E-state index contributed by atoms with van der Waals surface area (Å²) < 4.78 is 0. The molecule has 0 aliphatic carbocycles. The van der Waals surface area contributed by atoms with Crippen molar-refractivity contribution in [3.05, 3.63) is 17.4 Å². The molecule has 0 rings (SSSR count). The van der Waals surface area contributed by atoms with Crippen LogP contribution in [0.3, 0.4) is 0 Å². The molecular weight excluding hydrogens is 108 g/mol. The highest BCUT2D eigenvalue weighted by Gasteiger charge is 1.75. The first-order chi connectivity index (χ1) is 4.27. The fraction of sp³-hybridized carbons (Fsp3) is 0.667. The molecule has 0 radical (unpaired) electrons. The lowest BCUT2D eigenvalue weighted by molar-refractivity contribution is 0.815. The van der Waals surface area contributed by atoms with E-state index in [2.05, 4.69) is 32.6 Å². The quantitative estimate of drug-likeness (QED) is 0.400. The van der Waals surface area contributed by atoms with Crippen molar-refractivity contribution in [2.75, 3.05) is 0 Å². The van der Waals surface area contributed by atoms with Gasteiger partial charge in [0, 0.05) is 0 Å². The molecule has 0 fully saturated rings. The molecule has 52 valence electrons. The Hall–Kier alpha value is -0.480. The van der Waals surface area contributed by atoms with Crippen LogP contribution in [0.2, 0.25) is 0 Å². The molecule has 0 heterocycles. The second-order valence-electron chi connectivity index (χ2n) is 2.49. The monoisotopic (exact) mass is 124 g/mol. The van der Waals surface area contributed by atoms with Crippen molar-refractivity contribution in [3.8, 4) is 0 Å². The van der Waals surface area contributed by atoms with Gasteiger partial charge in [0.15, 0.2) is 0 Å². The average molecular weight is 124 g/mol. The Labute approximate surface area is 58.3 Å². The Morgan fingerprint density at radius 1 is 1.44 bits per heavy atom. The van der Waals surface area contributed by atoms with Gasteiger partial charge in [0.05, 0.1) is 0 Å². The van der Waals surface area contributed by atoms with Gasteiger partial charge < -0.3 is 0 Å². The summed E-state index contributed by atoms with van der Waals surface area (Å²) in [6.45, 7) is 6.35. The van der Waals surface area contributed by atoms with E-state index in [4.69, 9.17) is 0 Å². The Bertz CT molecular complexity index is 110. The molecule has 0 unspecified atom stereocenters. The summed E-state index contributed by atoms with van der Waals surface area (Å²) in [7, 11) is 0. The SMILES string of the molecule is CCCCC=C=C(C)C. The molecule has 0 atom stereocenters. The summed E-state index contributed by atoms with van der Waals surface area (Å²) >= 11 is 0. The summed E-state index contributed by atoms with van der Waals surface area (Å²) in [5.41, 5.74) is 4.44. The van der Waals surface area contributed by atoms with Crippen LogP contribution in [0.1, 0.15) is 40.0 Å². The zero-order valence-electron chi connectivity index (χ0n) is 6.70. The van der Waals surface area contributed by atoms with Crippen molar-refractivity contribution in [1.82, 2.24) is 0 Å². The Morgan fingerprint density at radius 2 is 2.11 bits per heavy atom. The molecule has 0 nitrogen and oxygen atoms in total. The Kier molecular flexibility index (Phi) is 5.35. The van der Waals surface area contributed by atoms with E-state index in [1.807, 2.05) is 0 Å². The molecule has 0 saturated heterocycles. The van der Waals surface area contributed by atoms with Gasteiger partial charge in [-0.2, -0.15) is 0 Å². The zero-order valence-corrected chi connectivity index (χ0v) is 6.70. The molecule has 0 bridgehead atoms. The molecule has 0 N–H and O–H groups in total. The summed E-state index contributed by atoms with van der Waals surface area (Å²) in [6, 6.07) is 0. The maximum atomic E-state index is 3.17.